The number of thiophene rings is 1. The van der Waals surface area contributed by atoms with E-state index in [1.165, 1.54) is 11.3 Å². The molecule has 1 N–H and O–H groups in total. The number of hydrogen-bond donors (Lipinski definition) is 1. The highest BCUT2D eigenvalue weighted by Gasteiger charge is 2.11. The van der Waals surface area contributed by atoms with E-state index in [1.807, 2.05) is 6.92 Å². The molecular weight excluding hydrogens is 378 g/mol. The summed E-state index contributed by atoms with van der Waals surface area (Å²) in [4.78, 5) is 12.3. The fourth-order valence-corrected chi connectivity index (χ4v) is 3.54. The van der Waals surface area contributed by atoms with Crippen LogP contribution in [0.1, 0.15) is 16.6 Å². The van der Waals surface area contributed by atoms with Gasteiger partial charge in [0.25, 0.3) is 5.91 Å². The van der Waals surface area contributed by atoms with E-state index in [2.05, 4.69) is 37.2 Å². The van der Waals surface area contributed by atoms with Crippen molar-refractivity contribution in [2.45, 2.75) is 6.92 Å². The van der Waals surface area contributed by atoms with Gasteiger partial charge in [0.2, 0.25) is 0 Å². The first-order chi connectivity index (χ1) is 7.54. The largest absolute Gasteiger partial charge is 0.350 e. The van der Waals surface area contributed by atoms with Crippen LogP contribution in [0.5, 0.6) is 0 Å². The topological polar surface area (TPSA) is 46.2 Å². The third kappa shape index (κ3) is 4.27. The molecule has 3 nitrogen and oxygen atoms in total. The van der Waals surface area contributed by atoms with Gasteiger partial charge in [-0.2, -0.15) is 0 Å². The molecule has 0 radical (unpaired) electrons. The third-order valence-electron chi connectivity index (χ3n) is 1.81. The first-order valence-electron chi connectivity index (χ1n) is 4.62. The Morgan fingerprint density at radius 2 is 2.25 bits per heavy atom. The van der Waals surface area contributed by atoms with Gasteiger partial charge in [-0.05, 0) is 37.9 Å². The molecule has 0 fully saturated rings. The van der Waals surface area contributed by atoms with Crippen LogP contribution in [-0.2, 0) is 10.8 Å². The Balaban J connectivity index is 2.44. The van der Waals surface area contributed by atoms with Gasteiger partial charge in [0, 0.05) is 33.3 Å². The van der Waals surface area contributed by atoms with E-state index in [0.29, 0.717) is 22.9 Å². The van der Waals surface area contributed by atoms with Crippen LogP contribution < -0.4 is 5.32 Å². The lowest BCUT2D eigenvalue weighted by Gasteiger charge is -2.02. The summed E-state index contributed by atoms with van der Waals surface area (Å²) in [5.74, 6) is 1.02. The summed E-state index contributed by atoms with van der Waals surface area (Å²) in [6.07, 6.45) is 0. The van der Waals surface area contributed by atoms with E-state index in [-0.39, 0.29) is 5.91 Å². The number of rotatable bonds is 5. The number of nitrogens with one attached hydrogen (secondary N) is 1. The van der Waals surface area contributed by atoms with Crippen LogP contribution in [0, 0.1) is 0 Å². The molecule has 0 aromatic carbocycles. The van der Waals surface area contributed by atoms with Gasteiger partial charge in [0.1, 0.15) is 0 Å². The molecule has 90 valence electrons. The Morgan fingerprint density at radius 1 is 1.56 bits per heavy atom. The Kier molecular flexibility index (Phi) is 6.17. The van der Waals surface area contributed by atoms with Gasteiger partial charge in [0.15, 0.2) is 0 Å². The number of halogens is 2. The SMILES string of the molecule is CCS(=O)CCNC(=O)c1cc(Br)c(Br)s1. The molecule has 1 amide bonds. The van der Waals surface area contributed by atoms with Crippen molar-refractivity contribution in [1.82, 2.24) is 5.32 Å². The highest BCUT2D eigenvalue weighted by molar-refractivity contribution is 9.13. The van der Waals surface area contributed by atoms with Crippen molar-refractivity contribution in [3.05, 3.63) is 19.2 Å². The van der Waals surface area contributed by atoms with Crippen molar-refractivity contribution in [2.75, 3.05) is 18.1 Å². The number of carbonyl (C=O) groups excluding carboxylic acids is 1. The average Bonchev–Trinajstić information content (AvgIpc) is 2.59. The van der Waals surface area contributed by atoms with Crippen LogP contribution in [0.3, 0.4) is 0 Å². The fourth-order valence-electron chi connectivity index (χ4n) is 0.968. The standard InChI is InChI=1S/C9H11Br2NO2S2/c1-2-16(14)4-3-12-9(13)7-5-6(10)8(11)15-7/h5H,2-4H2,1H3,(H,12,13). The summed E-state index contributed by atoms with van der Waals surface area (Å²) in [6, 6.07) is 1.76. The molecule has 0 aliphatic carbocycles. The molecule has 0 spiro atoms. The maximum Gasteiger partial charge on any atom is 0.261 e. The van der Waals surface area contributed by atoms with Crippen molar-refractivity contribution in [3.63, 3.8) is 0 Å². The second-order valence-corrected chi connectivity index (χ2v) is 8.01. The molecule has 7 heteroatoms. The van der Waals surface area contributed by atoms with Crippen molar-refractivity contribution in [3.8, 4) is 0 Å². The quantitative estimate of drug-likeness (QED) is 0.842. The molecule has 1 atom stereocenters. The summed E-state index contributed by atoms with van der Waals surface area (Å²) in [6.45, 7) is 2.32. The minimum Gasteiger partial charge on any atom is -0.350 e. The van der Waals surface area contributed by atoms with Crippen LogP contribution in [0.25, 0.3) is 0 Å². The van der Waals surface area contributed by atoms with Crippen molar-refractivity contribution in [2.24, 2.45) is 0 Å². The summed E-state index contributed by atoms with van der Waals surface area (Å²) in [5, 5.41) is 2.74. The minimum absolute atomic E-state index is 0.121. The molecule has 0 aliphatic heterocycles. The maximum absolute atomic E-state index is 11.6. The molecule has 1 aromatic heterocycles. The summed E-state index contributed by atoms with van der Waals surface area (Å²) < 4.78 is 12.9. The van der Waals surface area contributed by atoms with Crippen molar-refractivity contribution < 1.29 is 9.00 Å². The van der Waals surface area contributed by atoms with E-state index in [1.54, 1.807) is 6.07 Å². The van der Waals surface area contributed by atoms with Gasteiger partial charge < -0.3 is 5.32 Å². The molecule has 0 saturated carbocycles. The molecule has 1 unspecified atom stereocenters. The van der Waals surface area contributed by atoms with Gasteiger partial charge in [0.05, 0.1) is 8.66 Å². The molecule has 0 aliphatic rings. The number of hydrogen-bond acceptors (Lipinski definition) is 3. The summed E-state index contributed by atoms with van der Waals surface area (Å²) >= 11 is 8.02. The lowest BCUT2D eigenvalue weighted by molar-refractivity contribution is 0.0960. The predicted octanol–water partition coefficient (Wildman–Crippen LogP) is 2.77. The third-order valence-corrected chi connectivity index (χ3v) is 6.36. The van der Waals surface area contributed by atoms with E-state index in [4.69, 9.17) is 0 Å². The summed E-state index contributed by atoms with van der Waals surface area (Å²) in [7, 11) is -0.829. The highest BCUT2D eigenvalue weighted by atomic mass is 79.9. The van der Waals surface area contributed by atoms with Gasteiger partial charge in [-0.3, -0.25) is 9.00 Å². The molecule has 0 saturated heterocycles. The average molecular weight is 389 g/mol. The van der Waals surface area contributed by atoms with Gasteiger partial charge >= 0.3 is 0 Å². The maximum atomic E-state index is 11.6. The highest BCUT2D eigenvalue weighted by Crippen LogP contribution is 2.32. The normalized spacial score (nSPS) is 12.4. The van der Waals surface area contributed by atoms with E-state index in [0.717, 1.165) is 8.26 Å². The molecule has 1 rings (SSSR count). The molecular formula is C9H11Br2NO2S2. The van der Waals surface area contributed by atoms with Crippen LogP contribution in [0.15, 0.2) is 14.3 Å². The Labute approximate surface area is 118 Å². The van der Waals surface area contributed by atoms with Crippen LogP contribution in [0.2, 0.25) is 0 Å². The van der Waals surface area contributed by atoms with E-state index < -0.39 is 10.8 Å². The Bertz CT molecular complexity index is 387. The van der Waals surface area contributed by atoms with Crippen molar-refractivity contribution in [1.29, 1.82) is 0 Å². The second kappa shape index (κ2) is 6.88. The Hall–Kier alpha value is 0.280. The molecule has 1 aromatic rings. The molecule has 0 bridgehead atoms. The van der Waals surface area contributed by atoms with Gasteiger partial charge in [-0.25, -0.2) is 0 Å². The van der Waals surface area contributed by atoms with Crippen LogP contribution in [-0.4, -0.2) is 28.2 Å². The smallest absolute Gasteiger partial charge is 0.261 e. The zero-order valence-corrected chi connectivity index (χ0v) is 13.4. The zero-order valence-electron chi connectivity index (χ0n) is 8.59. The Morgan fingerprint density at radius 3 is 2.75 bits per heavy atom. The first-order valence-corrected chi connectivity index (χ1v) is 8.51. The van der Waals surface area contributed by atoms with E-state index in [9.17, 15) is 9.00 Å². The first kappa shape index (κ1) is 14.3. The van der Waals surface area contributed by atoms with Crippen LogP contribution >= 0.6 is 43.2 Å². The lowest BCUT2D eigenvalue weighted by atomic mass is 10.4. The fraction of sp³-hybridized carbons (Fsp3) is 0.444. The zero-order chi connectivity index (χ0) is 12.1. The number of amides is 1. The van der Waals surface area contributed by atoms with Crippen molar-refractivity contribution >= 4 is 59.9 Å². The predicted molar refractivity (Wildman–Crippen MR) is 75.6 cm³/mol. The number of carbonyl (C=O) groups is 1. The monoisotopic (exact) mass is 387 g/mol. The van der Waals surface area contributed by atoms with E-state index >= 15 is 0 Å². The minimum atomic E-state index is -0.829. The van der Waals surface area contributed by atoms with Gasteiger partial charge in [-0.1, -0.05) is 6.92 Å². The lowest BCUT2D eigenvalue weighted by Crippen LogP contribution is -2.27. The molecule has 1 heterocycles. The second-order valence-electron chi connectivity index (χ2n) is 2.92. The van der Waals surface area contributed by atoms with Gasteiger partial charge in [-0.15, -0.1) is 11.3 Å². The van der Waals surface area contributed by atoms with Crippen LogP contribution in [0.4, 0.5) is 0 Å². The molecule has 16 heavy (non-hydrogen) atoms. The summed E-state index contributed by atoms with van der Waals surface area (Å²) in [5.41, 5.74) is 0.